The SMILES string of the molecule is COCC(=O)N1CCC(Oc2ccc(C(=O)N3CCC[C@H]3C(=O)OC)cc2)CC1. The highest BCUT2D eigenvalue weighted by atomic mass is 16.5. The molecule has 2 amide bonds. The molecule has 158 valence electrons. The summed E-state index contributed by atoms with van der Waals surface area (Å²) in [7, 11) is 2.86. The molecule has 1 aromatic rings. The van der Waals surface area contributed by atoms with Crippen molar-refractivity contribution in [2.75, 3.05) is 40.5 Å². The Morgan fingerprint density at radius 3 is 2.31 bits per heavy atom. The summed E-state index contributed by atoms with van der Waals surface area (Å²) in [5, 5.41) is 0. The van der Waals surface area contributed by atoms with Crippen molar-refractivity contribution in [2.24, 2.45) is 0 Å². The topological polar surface area (TPSA) is 85.4 Å². The van der Waals surface area contributed by atoms with E-state index in [1.807, 2.05) is 0 Å². The number of likely N-dealkylation sites (tertiary alicyclic amines) is 2. The molecule has 2 saturated heterocycles. The summed E-state index contributed by atoms with van der Waals surface area (Å²) in [6, 6.07) is 6.50. The van der Waals surface area contributed by atoms with Crippen LogP contribution in [0, 0.1) is 0 Å². The average molecular weight is 404 g/mol. The quantitative estimate of drug-likeness (QED) is 0.668. The molecule has 0 unspecified atom stereocenters. The maximum atomic E-state index is 12.8. The summed E-state index contributed by atoms with van der Waals surface area (Å²) >= 11 is 0. The maximum absolute atomic E-state index is 12.8. The molecule has 29 heavy (non-hydrogen) atoms. The van der Waals surface area contributed by atoms with E-state index >= 15 is 0 Å². The van der Waals surface area contributed by atoms with Crippen LogP contribution in [0.4, 0.5) is 0 Å². The summed E-state index contributed by atoms with van der Waals surface area (Å²) in [6.07, 6.45) is 2.96. The third kappa shape index (κ3) is 5.06. The smallest absolute Gasteiger partial charge is 0.328 e. The number of benzene rings is 1. The fourth-order valence-corrected chi connectivity index (χ4v) is 3.86. The third-order valence-electron chi connectivity index (χ3n) is 5.45. The molecular weight excluding hydrogens is 376 g/mol. The lowest BCUT2D eigenvalue weighted by Crippen LogP contribution is -2.43. The van der Waals surface area contributed by atoms with E-state index in [4.69, 9.17) is 14.2 Å². The van der Waals surface area contributed by atoms with Gasteiger partial charge < -0.3 is 24.0 Å². The van der Waals surface area contributed by atoms with Crippen LogP contribution >= 0.6 is 0 Å². The van der Waals surface area contributed by atoms with E-state index in [0.29, 0.717) is 37.4 Å². The highest BCUT2D eigenvalue weighted by Crippen LogP contribution is 2.24. The number of amides is 2. The first-order chi connectivity index (χ1) is 14.0. The van der Waals surface area contributed by atoms with E-state index in [2.05, 4.69) is 0 Å². The fraction of sp³-hybridized carbons (Fsp3) is 0.571. The van der Waals surface area contributed by atoms with Gasteiger partial charge in [-0.2, -0.15) is 0 Å². The second-order valence-electron chi connectivity index (χ2n) is 7.34. The molecule has 2 fully saturated rings. The van der Waals surface area contributed by atoms with Crippen LogP contribution in [0.3, 0.4) is 0 Å². The predicted octanol–water partition coefficient (Wildman–Crippen LogP) is 1.48. The standard InChI is InChI=1S/C21H28N2O6/c1-27-14-19(24)22-12-9-17(10-13-22)29-16-7-5-15(6-8-16)20(25)23-11-3-4-18(23)21(26)28-2/h5-8,17-18H,3-4,9-14H2,1-2H3/t18-/m0/s1. The van der Waals surface area contributed by atoms with E-state index in [-0.39, 0.29) is 30.5 Å². The summed E-state index contributed by atoms with van der Waals surface area (Å²) in [6.45, 7) is 1.95. The molecule has 0 radical (unpaired) electrons. The van der Waals surface area contributed by atoms with E-state index in [9.17, 15) is 14.4 Å². The molecule has 0 aliphatic carbocycles. The Kier molecular flexibility index (Phi) is 7.09. The molecule has 0 bridgehead atoms. The van der Waals surface area contributed by atoms with Crippen LogP contribution in [0.2, 0.25) is 0 Å². The molecule has 0 saturated carbocycles. The van der Waals surface area contributed by atoms with Crippen molar-refractivity contribution in [3.63, 3.8) is 0 Å². The molecule has 2 aliphatic heterocycles. The Labute approximate surface area is 170 Å². The van der Waals surface area contributed by atoms with Gasteiger partial charge in [-0.25, -0.2) is 4.79 Å². The number of methoxy groups -OCH3 is 2. The Balaban J connectivity index is 1.54. The Hall–Kier alpha value is -2.61. The fourth-order valence-electron chi connectivity index (χ4n) is 3.86. The van der Waals surface area contributed by atoms with Crippen molar-refractivity contribution >= 4 is 17.8 Å². The van der Waals surface area contributed by atoms with Crippen LogP contribution < -0.4 is 4.74 Å². The second kappa shape index (κ2) is 9.73. The monoisotopic (exact) mass is 404 g/mol. The van der Waals surface area contributed by atoms with Crippen LogP contribution in [0.15, 0.2) is 24.3 Å². The van der Waals surface area contributed by atoms with Crippen LogP contribution in [0.1, 0.15) is 36.0 Å². The molecule has 0 N–H and O–H groups in total. The first-order valence-electron chi connectivity index (χ1n) is 9.95. The Morgan fingerprint density at radius 2 is 1.69 bits per heavy atom. The maximum Gasteiger partial charge on any atom is 0.328 e. The number of nitrogens with zero attached hydrogens (tertiary/aromatic N) is 2. The number of rotatable bonds is 6. The van der Waals surface area contributed by atoms with Gasteiger partial charge in [-0.3, -0.25) is 9.59 Å². The van der Waals surface area contributed by atoms with Gasteiger partial charge in [0.15, 0.2) is 0 Å². The number of carbonyl (C=O) groups excluding carboxylic acids is 3. The van der Waals surface area contributed by atoms with Gasteiger partial charge in [-0.1, -0.05) is 0 Å². The van der Waals surface area contributed by atoms with Gasteiger partial charge in [0.05, 0.1) is 7.11 Å². The minimum absolute atomic E-state index is 0.000914. The zero-order valence-electron chi connectivity index (χ0n) is 17.0. The molecular formula is C21H28N2O6. The minimum Gasteiger partial charge on any atom is -0.490 e. The zero-order chi connectivity index (χ0) is 20.8. The van der Waals surface area contributed by atoms with Crippen molar-refractivity contribution < 1.29 is 28.6 Å². The van der Waals surface area contributed by atoms with Gasteiger partial charge in [0.2, 0.25) is 5.91 Å². The molecule has 2 aliphatic rings. The lowest BCUT2D eigenvalue weighted by Gasteiger charge is -2.32. The Morgan fingerprint density at radius 1 is 1.00 bits per heavy atom. The van der Waals surface area contributed by atoms with Gasteiger partial charge in [0.25, 0.3) is 5.91 Å². The zero-order valence-corrected chi connectivity index (χ0v) is 17.0. The van der Waals surface area contributed by atoms with Crippen molar-refractivity contribution in [1.29, 1.82) is 0 Å². The van der Waals surface area contributed by atoms with Crippen molar-refractivity contribution in [2.45, 2.75) is 37.8 Å². The van der Waals surface area contributed by atoms with Crippen LogP contribution in [-0.4, -0.2) is 80.2 Å². The average Bonchev–Trinajstić information content (AvgIpc) is 3.24. The third-order valence-corrected chi connectivity index (χ3v) is 5.45. The van der Waals surface area contributed by atoms with Gasteiger partial charge in [-0.15, -0.1) is 0 Å². The minimum atomic E-state index is -0.505. The lowest BCUT2D eigenvalue weighted by atomic mass is 10.1. The molecule has 8 heteroatoms. The number of esters is 1. The molecule has 0 spiro atoms. The predicted molar refractivity (Wildman–Crippen MR) is 105 cm³/mol. The van der Waals surface area contributed by atoms with E-state index < -0.39 is 6.04 Å². The highest BCUT2D eigenvalue weighted by molar-refractivity contribution is 5.97. The summed E-state index contributed by atoms with van der Waals surface area (Å²) in [5.41, 5.74) is 0.521. The van der Waals surface area contributed by atoms with Crippen LogP contribution in [0.25, 0.3) is 0 Å². The molecule has 1 atom stereocenters. The normalized spacial score (nSPS) is 19.9. The number of piperidine rings is 1. The molecule has 3 rings (SSSR count). The summed E-state index contributed by atoms with van der Waals surface area (Å²) < 4.78 is 15.7. The molecule has 2 heterocycles. The summed E-state index contributed by atoms with van der Waals surface area (Å²) in [4.78, 5) is 39.9. The van der Waals surface area contributed by atoms with E-state index in [1.54, 1.807) is 34.1 Å². The summed E-state index contributed by atoms with van der Waals surface area (Å²) in [5.74, 6) is 0.149. The van der Waals surface area contributed by atoms with Crippen molar-refractivity contribution in [1.82, 2.24) is 9.80 Å². The molecule has 8 nitrogen and oxygen atoms in total. The first-order valence-corrected chi connectivity index (χ1v) is 9.95. The van der Waals surface area contributed by atoms with Crippen LogP contribution in [-0.2, 0) is 19.1 Å². The first kappa shape index (κ1) is 21.1. The van der Waals surface area contributed by atoms with Crippen molar-refractivity contribution in [3.05, 3.63) is 29.8 Å². The lowest BCUT2D eigenvalue weighted by molar-refractivity contribution is -0.145. The second-order valence-corrected chi connectivity index (χ2v) is 7.34. The van der Waals surface area contributed by atoms with Gasteiger partial charge in [0, 0.05) is 45.1 Å². The largest absolute Gasteiger partial charge is 0.490 e. The molecule has 1 aromatic carbocycles. The Bertz CT molecular complexity index is 727. The van der Waals surface area contributed by atoms with Gasteiger partial charge in [-0.05, 0) is 37.1 Å². The molecule has 0 aromatic heterocycles. The van der Waals surface area contributed by atoms with Crippen molar-refractivity contribution in [3.8, 4) is 5.75 Å². The highest BCUT2D eigenvalue weighted by Gasteiger charge is 2.35. The van der Waals surface area contributed by atoms with E-state index in [1.165, 1.54) is 14.2 Å². The van der Waals surface area contributed by atoms with Crippen LogP contribution in [0.5, 0.6) is 5.75 Å². The number of ether oxygens (including phenoxy) is 3. The number of carbonyl (C=O) groups is 3. The van der Waals surface area contributed by atoms with Gasteiger partial charge in [0.1, 0.15) is 24.5 Å². The number of hydrogen-bond donors (Lipinski definition) is 0. The van der Waals surface area contributed by atoms with Gasteiger partial charge >= 0.3 is 5.97 Å². The number of hydrogen-bond acceptors (Lipinski definition) is 6. The van der Waals surface area contributed by atoms with E-state index in [0.717, 1.165) is 19.3 Å².